The van der Waals surface area contributed by atoms with Crippen molar-refractivity contribution >= 4 is 5.82 Å². The van der Waals surface area contributed by atoms with Gasteiger partial charge in [-0.25, -0.2) is 14.4 Å². The van der Waals surface area contributed by atoms with Crippen LogP contribution in [0.3, 0.4) is 0 Å². The van der Waals surface area contributed by atoms with E-state index in [1.54, 1.807) is 18.5 Å². The highest BCUT2D eigenvalue weighted by Gasteiger charge is 2.30. The summed E-state index contributed by atoms with van der Waals surface area (Å²) in [5, 5.41) is 0. The minimum Gasteiger partial charge on any atom is -0.349 e. The van der Waals surface area contributed by atoms with Crippen molar-refractivity contribution in [1.82, 2.24) is 14.9 Å². The summed E-state index contributed by atoms with van der Waals surface area (Å²) in [7, 11) is 2.14. The fraction of sp³-hybridized carbons (Fsp3) is 0.444. The highest BCUT2D eigenvalue weighted by molar-refractivity contribution is 5.52. The fourth-order valence-electron chi connectivity index (χ4n) is 3.76. The second kappa shape index (κ2) is 5.89. The summed E-state index contributed by atoms with van der Waals surface area (Å²) in [6.07, 6.45) is 4.90. The van der Waals surface area contributed by atoms with Crippen molar-refractivity contribution in [2.75, 3.05) is 25.0 Å². The quantitative estimate of drug-likeness (QED) is 0.853. The van der Waals surface area contributed by atoms with E-state index in [1.165, 1.54) is 16.8 Å². The van der Waals surface area contributed by atoms with E-state index in [0.717, 1.165) is 44.7 Å². The molecule has 0 amide bonds. The first-order chi connectivity index (χ1) is 11.2. The molecule has 3 heterocycles. The minimum absolute atomic E-state index is 0.181. The molecular formula is C18H21FN4. The molecule has 0 bridgehead atoms. The Kier molecular flexibility index (Phi) is 3.73. The summed E-state index contributed by atoms with van der Waals surface area (Å²) in [6.45, 7) is 2.94. The van der Waals surface area contributed by atoms with Crippen molar-refractivity contribution < 1.29 is 4.39 Å². The highest BCUT2D eigenvalue weighted by atomic mass is 19.1. The number of rotatable bonds is 2. The number of hydrogen-bond donors (Lipinski definition) is 0. The first-order valence-corrected chi connectivity index (χ1v) is 8.26. The monoisotopic (exact) mass is 312 g/mol. The molecule has 5 heteroatoms. The van der Waals surface area contributed by atoms with E-state index >= 15 is 0 Å². The van der Waals surface area contributed by atoms with Crippen LogP contribution in [0.15, 0.2) is 30.6 Å². The van der Waals surface area contributed by atoms with Crippen molar-refractivity contribution in [2.45, 2.75) is 31.8 Å². The second-order valence-electron chi connectivity index (χ2n) is 6.51. The van der Waals surface area contributed by atoms with Gasteiger partial charge in [0.15, 0.2) is 0 Å². The zero-order valence-electron chi connectivity index (χ0n) is 13.4. The van der Waals surface area contributed by atoms with E-state index in [1.807, 2.05) is 12.1 Å². The molecular weight excluding hydrogens is 291 g/mol. The Balaban J connectivity index is 1.71. The van der Waals surface area contributed by atoms with E-state index in [2.05, 4.69) is 26.8 Å². The number of hydrogen-bond acceptors (Lipinski definition) is 4. The van der Waals surface area contributed by atoms with Gasteiger partial charge in [-0.15, -0.1) is 0 Å². The van der Waals surface area contributed by atoms with Crippen molar-refractivity contribution in [1.29, 1.82) is 0 Å². The largest absolute Gasteiger partial charge is 0.349 e. The van der Waals surface area contributed by atoms with E-state index in [9.17, 15) is 4.39 Å². The van der Waals surface area contributed by atoms with Crippen LogP contribution in [0.25, 0.3) is 0 Å². The summed E-state index contributed by atoms with van der Waals surface area (Å²) >= 11 is 0. The first kappa shape index (κ1) is 14.6. The number of nitrogens with zero attached hydrogens (tertiary/aromatic N) is 4. The topological polar surface area (TPSA) is 32.3 Å². The molecule has 1 aromatic carbocycles. The van der Waals surface area contributed by atoms with Gasteiger partial charge in [0, 0.05) is 31.6 Å². The molecule has 2 aliphatic rings. The van der Waals surface area contributed by atoms with Crippen LogP contribution in [-0.2, 0) is 13.0 Å². The van der Waals surface area contributed by atoms with Crippen LogP contribution in [-0.4, -0.2) is 35.0 Å². The summed E-state index contributed by atoms with van der Waals surface area (Å²) in [5.74, 6) is 0.882. The summed E-state index contributed by atoms with van der Waals surface area (Å²) in [4.78, 5) is 13.8. The van der Waals surface area contributed by atoms with E-state index < -0.39 is 0 Å². The Labute approximate surface area is 136 Å². The first-order valence-electron chi connectivity index (χ1n) is 8.26. The molecule has 1 saturated heterocycles. The van der Waals surface area contributed by atoms with Gasteiger partial charge in [0.2, 0.25) is 0 Å². The van der Waals surface area contributed by atoms with E-state index in [0.29, 0.717) is 0 Å². The zero-order valence-corrected chi connectivity index (χ0v) is 13.4. The molecule has 1 atom stereocenters. The molecule has 2 aliphatic heterocycles. The number of fused-ring (bicyclic) bond motifs is 1. The average Bonchev–Trinajstić information content (AvgIpc) is 3.04. The third-order valence-electron chi connectivity index (χ3n) is 4.95. The lowest BCUT2D eigenvalue weighted by Gasteiger charge is -2.32. The predicted molar refractivity (Wildman–Crippen MR) is 87.8 cm³/mol. The molecule has 0 N–H and O–H groups in total. The number of aromatic nitrogens is 2. The van der Waals surface area contributed by atoms with Gasteiger partial charge in [-0.3, -0.25) is 0 Å². The van der Waals surface area contributed by atoms with Crippen LogP contribution in [0, 0.1) is 5.82 Å². The Bertz CT molecular complexity index is 701. The summed E-state index contributed by atoms with van der Waals surface area (Å²) in [6, 6.07) is 7.18. The zero-order chi connectivity index (χ0) is 15.8. The van der Waals surface area contributed by atoms with E-state index in [4.69, 9.17) is 0 Å². The third kappa shape index (κ3) is 2.70. The van der Waals surface area contributed by atoms with Crippen LogP contribution in [0.1, 0.15) is 35.7 Å². The van der Waals surface area contributed by atoms with Gasteiger partial charge in [0.1, 0.15) is 18.0 Å². The lowest BCUT2D eigenvalue weighted by atomic mass is 10.0. The number of benzene rings is 1. The Morgan fingerprint density at radius 2 is 1.96 bits per heavy atom. The van der Waals surface area contributed by atoms with Gasteiger partial charge in [-0.2, -0.15) is 0 Å². The maximum atomic E-state index is 13.2. The van der Waals surface area contributed by atoms with Gasteiger partial charge in [0.05, 0.1) is 11.7 Å². The smallest absolute Gasteiger partial charge is 0.137 e. The maximum absolute atomic E-state index is 13.2. The average molecular weight is 312 g/mol. The molecule has 120 valence electrons. The van der Waals surface area contributed by atoms with Gasteiger partial charge in [-0.1, -0.05) is 12.1 Å². The Morgan fingerprint density at radius 1 is 1.13 bits per heavy atom. The van der Waals surface area contributed by atoms with Crippen molar-refractivity contribution in [3.8, 4) is 0 Å². The van der Waals surface area contributed by atoms with Gasteiger partial charge in [-0.05, 0) is 37.6 Å². The van der Waals surface area contributed by atoms with Crippen molar-refractivity contribution in [2.24, 2.45) is 0 Å². The number of likely N-dealkylation sites (N-methyl/N-ethyl adjacent to an activating group) is 1. The number of halogens is 1. The van der Waals surface area contributed by atoms with Crippen LogP contribution in [0.2, 0.25) is 0 Å². The SMILES string of the molecule is CN1CCc2ncnc(N3CCCC3c3ccc(F)cc3)c2C1. The highest BCUT2D eigenvalue weighted by Crippen LogP contribution is 2.38. The molecule has 0 spiro atoms. The van der Waals surface area contributed by atoms with Gasteiger partial charge in [0.25, 0.3) is 0 Å². The molecule has 0 saturated carbocycles. The standard InChI is InChI=1S/C18H21FN4/c1-22-10-8-16-15(11-22)18(21-12-20-16)23-9-2-3-17(23)13-4-6-14(19)7-5-13/h4-7,12,17H,2-3,8-11H2,1H3. The maximum Gasteiger partial charge on any atom is 0.137 e. The van der Waals surface area contributed by atoms with Crippen LogP contribution in [0.4, 0.5) is 10.2 Å². The molecule has 0 radical (unpaired) electrons. The normalized spacial score (nSPS) is 21.5. The van der Waals surface area contributed by atoms with Crippen LogP contribution < -0.4 is 4.90 Å². The third-order valence-corrected chi connectivity index (χ3v) is 4.95. The van der Waals surface area contributed by atoms with Gasteiger partial charge < -0.3 is 9.80 Å². The lowest BCUT2D eigenvalue weighted by molar-refractivity contribution is 0.309. The lowest BCUT2D eigenvalue weighted by Crippen LogP contribution is -2.32. The molecule has 1 aromatic heterocycles. The molecule has 4 nitrogen and oxygen atoms in total. The molecule has 0 aliphatic carbocycles. The number of anilines is 1. The molecule has 23 heavy (non-hydrogen) atoms. The fourth-order valence-corrected chi connectivity index (χ4v) is 3.76. The molecule has 4 rings (SSSR count). The molecule has 1 unspecified atom stereocenters. The van der Waals surface area contributed by atoms with Crippen LogP contribution in [0.5, 0.6) is 0 Å². The minimum atomic E-state index is -0.181. The molecule has 1 fully saturated rings. The Morgan fingerprint density at radius 3 is 2.78 bits per heavy atom. The van der Waals surface area contributed by atoms with Crippen molar-refractivity contribution in [3.05, 3.63) is 53.2 Å². The van der Waals surface area contributed by atoms with Crippen LogP contribution >= 0.6 is 0 Å². The summed E-state index contributed by atoms with van der Waals surface area (Å²) in [5.41, 5.74) is 3.61. The molecule has 2 aromatic rings. The Hall–Kier alpha value is -2.01. The summed E-state index contributed by atoms with van der Waals surface area (Å²) < 4.78 is 13.2. The second-order valence-corrected chi connectivity index (χ2v) is 6.51. The predicted octanol–water partition coefficient (Wildman–Crippen LogP) is 2.95. The van der Waals surface area contributed by atoms with Crippen molar-refractivity contribution in [3.63, 3.8) is 0 Å². The van der Waals surface area contributed by atoms with Gasteiger partial charge >= 0.3 is 0 Å². The van der Waals surface area contributed by atoms with E-state index in [-0.39, 0.29) is 11.9 Å².